The molecule has 0 unspecified atom stereocenters. The molecule has 4 aromatic rings. The molecule has 2 aliphatic heterocycles. The highest BCUT2D eigenvalue weighted by Crippen LogP contribution is 2.30. The number of nitrogen functional groups attached to an aromatic ring is 1. The Morgan fingerprint density at radius 3 is 2.71 bits per heavy atom. The van der Waals surface area contributed by atoms with E-state index < -0.39 is 0 Å². The quantitative estimate of drug-likeness (QED) is 0.408. The number of hydrogen-bond acceptors (Lipinski definition) is 9. The van der Waals surface area contributed by atoms with Crippen LogP contribution in [0.25, 0.3) is 16.9 Å². The number of urea groups is 1. The zero-order valence-electron chi connectivity index (χ0n) is 21.1. The van der Waals surface area contributed by atoms with Crippen LogP contribution in [0.15, 0.2) is 42.9 Å². The third-order valence-corrected chi connectivity index (χ3v) is 6.92. The highest BCUT2D eigenvalue weighted by Gasteiger charge is 2.28. The first kappa shape index (κ1) is 23.9. The lowest BCUT2D eigenvalue weighted by Gasteiger charge is -2.28. The van der Waals surface area contributed by atoms with E-state index in [0.29, 0.717) is 45.0 Å². The first-order valence-electron chi connectivity index (χ1n) is 12.6. The number of hydrogen-bond donors (Lipinski definition) is 2. The number of nitrogens with two attached hydrogens (primary N) is 1. The predicted octanol–water partition coefficient (Wildman–Crippen LogP) is 1.88. The van der Waals surface area contributed by atoms with E-state index in [0.717, 1.165) is 52.8 Å². The highest BCUT2D eigenvalue weighted by atomic mass is 16.5. The average Bonchev–Trinajstić information content (AvgIpc) is 3.34. The summed E-state index contributed by atoms with van der Waals surface area (Å²) in [5.41, 5.74) is 10.8. The van der Waals surface area contributed by atoms with Crippen molar-refractivity contribution in [3.05, 3.63) is 59.8 Å². The maximum Gasteiger partial charge on any atom is 0.318 e. The number of fused-ring (bicyclic) bond motifs is 3. The van der Waals surface area contributed by atoms with Crippen LogP contribution < -0.4 is 20.7 Å². The van der Waals surface area contributed by atoms with Crippen LogP contribution in [0.1, 0.15) is 17.0 Å². The summed E-state index contributed by atoms with van der Waals surface area (Å²) in [5, 5.41) is 3.03. The van der Waals surface area contributed by atoms with E-state index >= 15 is 0 Å². The number of nitrogens with zero attached hydrogens (tertiary/aromatic N) is 7. The molecule has 2 aliphatic rings. The number of aromatic nitrogens is 5. The van der Waals surface area contributed by atoms with Crippen LogP contribution in [0, 0.1) is 0 Å². The third kappa shape index (κ3) is 4.54. The fraction of sp³-hybridized carbons (Fsp3) is 0.346. The van der Waals surface area contributed by atoms with Gasteiger partial charge in [-0.2, -0.15) is 0 Å². The van der Waals surface area contributed by atoms with Crippen molar-refractivity contribution >= 4 is 23.4 Å². The second-order valence-electron chi connectivity index (χ2n) is 9.22. The molecule has 12 nitrogen and oxygen atoms in total. The van der Waals surface area contributed by atoms with E-state index in [2.05, 4.69) is 24.6 Å². The van der Waals surface area contributed by atoms with Gasteiger partial charge in [0.25, 0.3) is 0 Å². The van der Waals surface area contributed by atoms with Crippen molar-refractivity contribution in [1.82, 2.24) is 34.6 Å². The van der Waals surface area contributed by atoms with Gasteiger partial charge in [-0.05, 0) is 6.07 Å². The molecule has 196 valence electrons. The van der Waals surface area contributed by atoms with E-state index in [4.69, 9.17) is 25.2 Å². The molecule has 38 heavy (non-hydrogen) atoms. The Labute approximate surface area is 219 Å². The topological polar surface area (TPSA) is 136 Å². The largest absolute Gasteiger partial charge is 0.496 e. The van der Waals surface area contributed by atoms with Crippen LogP contribution in [0.4, 0.5) is 16.6 Å². The number of para-hydroxylation sites is 1. The average molecular weight is 516 g/mol. The van der Waals surface area contributed by atoms with Crippen molar-refractivity contribution in [2.24, 2.45) is 0 Å². The van der Waals surface area contributed by atoms with Crippen molar-refractivity contribution in [3.63, 3.8) is 0 Å². The zero-order valence-corrected chi connectivity index (χ0v) is 21.1. The molecular formula is C26H29N9O3. The molecule has 1 fully saturated rings. The van der Waals surface area contributed by atoms with Crippen LogP contribution in [0.3, 0.4) is 0 Å². The van der Waals surface area contributed by atoms with Gasteiger partial charge in [0, 0.05) is 62.3 Å². The number of benzene rings is 1. The maximum absolute atomic E-state index is 13.2. The molecule has 2 amide bonds. The second kappa shape index (κ2) is 10.1. The molecule has 5 heterocycles. The van der Waals surface area contributed by atoms with Crippen molar-refractivity contribution in [2.75, 3.05) is 50.6 Å². The minimum atomic E-state index is -0.133. The molecular weight excluding hydrogens is 486 g/mol. The van der Waals surface area contributed by atoms with Crippen molar-refractivity contribution in [2.45, 2.75) is 19.5 Å². The van der Waals surface area contributed by atoms with Gasteiger partial charge >= 0.3 is 6.03 Å². The summed E-state index contributed by atoms with van der Waals surface area (Å²) >= 11 is 0. The van der Waals surface area contributed by atoms with Crippen LogP contribution in [-0.2, 0) is 24.2 Å². The summed E-state index contributed by atoms with van der Waals surface area (Å²) in [5.74, 6) is 1.74. The van der Waals surface area contributed by atoms with Crippen LogP contribution in [-0.4, -0.2) is 75.2 Å². The monoisotopic (exact) mass is 515 g/mol. The normalized spacial score (nSPS) is 15.4. The van der Waals surface area contributed by atoms with Crippen molar-refractivity contribution in [3.8, 4) is 17.0 Å². The summed E-state index contributed by atoms with van der Waals surface area (Å²) in [6.07, 6.45) is 5.93. The number of ether oxygens (including phenoxy) is 2. The molecule has 3 aromatic heterocycles. The Bertz CT molecular complexity index is 1470. The smallest absolute Gasteiger partial charge is 0.318 e. The van der Waals surface area contributed by atoms with E-state index in [-0.39, 0.29) is 12.0 Å². The SMILES string of the molecule is COc1ccccc1CNC(=O)N1CCc2nc3c(N4CCOCC4)nc(-c4cnc(N)nc4)cn3c2C1. The van der Waals surface area contributed by atoms with Gasteiger partial charge in [-0.15, -0.1) is 0 Å². The highest BCUT2D eigenvalue weighted by molar-refractivity contribution is 5.75. The third-order valence-electron chi connectivity index (χ3n) is 6.92. The zero-order chi connectivity index (χ0) is 26.1. The molecule has 3 N–H and O–H groups in total. The van der Waals surface area contributed by atoms with Gasteiger partial charge in [-0.25, -0.2) is 24.7 Å². The molecule has 0 bridgehead atoms. The van der Waals surface area contributed by atoms with Gasteiger partial charge in [0.15, 0.2) is 11.5 Å². The molecule has 12 heteroatoms. The Morgan fingerprint density at radius 2 is 1.92 bits per heavy atom. The van der Waals surface area contributed by atoms with E-state index in [9.17, 15) is 4.79 Å². The predicted molar refractivity (Wildman–Crippen MR) is 141 cm³/mol. The second-order valence-corrected chi connectivity index (χ2v) is 9.22. The van der Waals surface area contributed by atoms with E-state index in [1.165, 1.54) is 0 Å². The number of nitrogens with one attached hydrogen (secondary N) is 1. The lowest BCUT2D eigenvalue weighted by molar-refractivity contribution is 0.122. The molecule has 0 saturated carbocycles. The van der Waals surface area contributed by atoms with E-state index in [1.54, 1.807) is 19.5 Å². The van der Waals surface area contributed by atoms with Gasteiger partial charge in [0.2, 0.25) is 5.95 Å². The number of methoxy groups -OCH3 is 1. The number of carbonyl (C=O) groups excluding carboxylic acids is 1. The minimum absolute atomic E-state index is 0.133. The Balaban J connectivity index is 1.32. The number of amides is 2. The van der Waals surface area contributed by atoms with Gasteiger partial charge in [-0.1, -0.05) is 18.2 Å². The molecule has 6 rings (SSSR count). The molecule has 0 aliphatic carbocycles. The van der Waals surface area contributed by atoms with Crippen LogP contribution in [0.2, 0.25) is 0 Å². The summed E-state index contributed by atoms with van der Waals surface area (Å²) < 4.78 is 13.0. The lowest BCUT2D eigenvalue weighted by atomic mass is 10.1. The van der Waals surface area contributed by atoms with Gasteiger partial charge < -0.3 is 30.3 Å². The van der Waals surface area contributed by atoms with Crippen molar-refractivity contribution < 1.29 is 14.3 Å². The summed E-state index contributed by atoms with van der Waals surface area (Å²) in [4.78, 5) is 35.4. The Morgan fingerprint density at radius 1 is 1.13 bits per heavy atom. The maximum atomic E-state index is 13.2. The van der Waals surface area contributed by atoms with Gasteiger partial charge in [-0.3, -0.25) is 4.40 Å². The van der Waals surface area contributed by atoms with Crippen LogP contribution in [0.5, 0.6) is 5.75 Å². The van der Waals surface area contributed by atoms with Crippen LogP contribution >= 0.6 is 0 Å². The van der Waals surface area contributed by atoms with Crippen molar-refractivity contribution in [1.29, 1.82) is 0 Å². The number of carbonyl (C=O) groups is 1. The Kier molecular flexibility index (Phi) is 6.38. The number of imidazole rings is 1. The summed E-state index contributed by atoms with van der Waals surface area (Å²) in [6, 6.07) is 7.54. The minimum Gasteiger partial charge on any atom is -0.496 e. The Hall–Kier alpha value is -4.45. The summed E-state index contributed by atoms with van der Waals surface area (Å²) in [6.45, 7) is 4.09. The van der Waals surface area contributed by atoms with Gasteiger partial charge in [0.1, 0.15) is 5.75 Å². The fourth-order valence-corrected chi connectivity index (χ4v) is 4.90. The number of anilines is 2. The fourth-order valence-electron chi connectivity index (χ4n) is 4.90. The molecule has 0 radical (unpaired) electrons. The standard InChI is InChI=1S/C26H29N9O3/c1-37-22-5-3-2-4-17(22)12-30-26(36)34-7-6-19-21(16-34)35-15-20(18-13-28-25(27)29-14-18)32-23(24(35)31-19)33-8-10-38-11-9-33/h2-5,13-15H,6-12,16H2,1H3,(H,30,36)(H2,27,28,29). The molecule has 1 aromatic carbocycles. The summed E-state index contributed by atoms with van der Waals surface area (Å²) in [7, 11) is 1.63. The number of morpholine rings is 1. The molecule has 0 atom stereocenters. The molecule has 1 saturated heterocycles. The molecule has 0 spiro atoms. The van der Waals surface area contributed by atoms with Gasteiger partial charge in [0.05, 0.1) is 44.0 Å². The van der Waals surface area contributed by atoms with E-state index in [1.807, 2.05) is 35.4 Å². The first-order chi connectivity index (χ1) is 18.6. The lowest BCUT2D eigenvalue weighted by Crippen LogP contribution is -2.42. The number of rotatable bonds is 5. The first-order valence-corrected chi connectivity index (χ1v) is 12.6.